The Bertz CT molecular complexity index is 1120. The third-order valence-electron chi connectivity index (χ3n) is 5.12. The fourth-order valence-corrected chi connectivity index (χ4v) is 4.59. The first kappa shape index (κ1) is 23.8. The number of amides is 1. The first-order valence-corrected chi connectivity index (χ1v) is 11.4. The van der Waals surface area contributed by atoms with E-state index in [4.69, 9.17) is 14.5 Å². The van der Waals surface area contributed by atoms with Gasteiger partial charge in [0.2, 0.25) is 0 Å². The molecule has 0 radical (unpaired) electrons. The molecule has 0 saturated heterocycles. The number of carbonyl (C=O) groups is 1. The summed E-state index contributed by atoms with van der Waals surface area (Å²) in [5, 5.41) is 0.731. The number of thiazole rings is 1. The maximum absolute atomic E-state index is 13.2. The molecule has 0 fully saturated rings. The summed E-state index contributed by atoms with van der Waals surface area (Å²) in [5.41, 5.74) is 4.16. The smallest absolute Gasteiger partial charge is 0.252 e. The lowest BCUT2D eigenvalue weighted by Gasteiger charge is -2.19. The van der Waals surface area contributed by atoms with Gasteiger partial charge in [0.1, 0.15) is 0 Å². The van der Waals surface area contributed by atoms with Crippen molar-refractivity contribution in [2.75, 3.05) is 46.3 Å². The van der Waals surface area contributed by atoms with Crippen LogP contribution >= 0.6 is 11.3 Å². The summed E-state index contributed by atoms with van der Waals surface area (Å²) in [6.07, 6.45) is 4.25. The van der Waals surface area contributed by atoms with E-state index in [1.807, 2.05) is 32.3 Å². The van der Waals surface area contributed by atoms with E-state index in [0.29, 0.717) is 18.0 Å². The normalized spacial score (nSPS) is 11.5. The number of anilines is 1. The third-order valence-corrected chi connectivity index (χ3v) is 6.35. The molecule has 0 aliphatic carbocycles. The van der Waals surface area contributed by atoms with Gasteiger partial charge < -0.3 is 14.4 Å². The number of aromatic nitrogens is 1. The second-order valence-corrected chi connectivity index (χ2v) is 9.00. The van der Waals surface area contributed by atoms with Crippen molar-refractivity contribution in [1.82, 2.24) is 9.88 Å². The van der Waals surface area contributed by atoms with Crippen molar-refractivity contribution in [3.05, 3.63) is 53.1 Å². The summed E-state index contributed by atoms with van der Waals surface area (Å²) < 4.78 is 11.8. The van der Waals surface area contributed by atoms with Gasteiger partial charge >= 0.3 is 0 Å². The van der Waals surface area contributed by atoms with E-state index in [-0.39, 0.29) is 5.91 Å². The molecule has 1 heterocycles. The fraction of sp³-hybridized carbons (Fsp3) is 0.360. The van der Waals surface area contributed by atoms with Crippen molar-refractivity contribution in [3.63, 3.8) is 0 Å². The molecular weight excluding hydrogens is 422 g/mol. The van der Waals surface area contributed by atoms with Crippen molar-refractivity contribution in [2.45, 2.75) is 20.3 Å². The van der Waals surface area contributed by atoms with Crippen LogP contribution in [-0.4, -0.2) is 57.2 Å². The Kier molecular flexibility index (Phi) is 7.88. The van der Waals surface area contributed by atoms with E-state index < -0.39 is 0 Å². The van der Waals surface area contributed by atoms with Gasteiger partial charge in [0.15, 0.2) is 16.6 Å². The Balaban J connectivity index is 1.89. The number of nitrogens with zero attached hydrogens (tertiary/aromatic N) is 3. The molecule has 32 heavy (non-hydrogen) atoms. The number of carbonyl (C=O) groups excluding carboxylic acids is 1. The molecule has 0 atom stereocenters. The van der Waals surface area contributed by atoms with E-state index >= 15 is 0 Å². The van der Waals surface area contributed by atoms with Gasteiger partial charge in [-0.05, 0) is 81.9 Å². The van der Waals surface area contributed by atoms with Crippen molar-refractivity contribution in [3.8, 4) is 11.5 Å². The van der Waals surface area contributed by atoms with Crippen LogP contribution in [0.4, 0.5) is 5.13 Å². The molecule has 3 aromatic rings. The quantitative estimate of drug-likeness (QED) is 0.430. The van der Waals surface area contributed by atoms with Crippen LogP contribution in [0.15, 0.2) is 36.4 Å². The molecule has 0 aliphatic rings. The van der Waals surface area contributed by atoms with E-state index in [1.165, 1.54) is 11.1 Å². The maximum atomic E-state index is 13.2. The van der Waals surface area contributed by atoms with E-state index in [2.05, 4.69) is 30.9 Å². The molecule has 0 bridgehead atoms. The average Bonchev–Trinajstić information content (AvgIpc) is 3.18. The van der Waals surface area contributed by atoms with Crippen molar-refractivity contribution in [2.24, 2.45) is 0 Å². The van der Waals surface area contributed by atoms with Crippen LogP contribution in [0.2, 0.25) is 0 Å². The van der Waals surface area contributed by atoms with Crippen molar-refractivity contribution < 1.29 is 14.3 Å². The standard InChI is InChI=1S/C25H31N3O3S/c1-17-14-18(2)24-20(15-17)26-25(32-24)28(13-7-12-27(3)4)23(29)11-9-19-8-10-21(30-5)22(16-19)31-6/h8-11,14-16H,7,12-13H2,1-6H3/b11-9+. The molecule has 3 rings (SSSR count). The van der Waals surface area contributed by atoms with Crippen LogP contribution in [0.3, 0.4) is 0 Å². The van der Waals surface area contributed by atoms with Crippen molar-refractivity contribution >= 4 is 38.7 Å². The third kappa shape index (κ3) is 5.66. The molecule has 1 amide bonds. The topological polar surface area (TPSA) is 54.9 Å². The number of methoxy groups -OCH3 is 2. The SMILES string of the molecule is COc1ccc(/C=C/C(=O)N(CCCN(C)C)c2nc3cc(C)cc(C)c3s2)cc1OC. The van der Waals surface area contributed by atoms with Crippen molar-refractivity contribution in [1.29, 1.82) is 0 Å². The Morgan fingerprint density at radius 2 is 1.81 bits per heavy atom. The zero-order valence-corrected chi connectivity index (χ0v) is 20.5. The largest absolute Gasteiger partial charge is 0.493 e. The molecule has 2 aromatic carbocycles. The Morgan fingerprint density at radius 1 is 1.06 bits per heavy atom. The van der Waals surface area contributed by atoms with Crippen LogP contribution in [-0.2, 0) is 4.79 Å². The van der Waals surface area contributed by atoms with Gasteiger partial charge in [-0.15, -0.1) is 0 Å². The summed E-state index contributed by atoms with van der Waals surface area (Å²) in [5.74, 6) is 1.19. The van der Waals surface area contributed by atoms with Gasteiger partial charge in [-0.25, -0.2) is 4.98 Å². The predicted molar refractivity (Wildman–Crippen MR) is 133 cm³/mol. The first-order chi connectivity index (χ1) is 15.3. The lowest BCUT2D eigenvalue weighted by atomic mass is 10.1. The van der Waals surface area contributed by atoms with E-state index in [0.717, 1.165) is 33.9 Å². The van der Waals surface area contributed by atoms with Gasteiger partial charge in [-0.3, -0.25) is 9.69 Å². The van der Waals surface area contributed by atoms with Gasteiger partial charge in [0.25, 0.3) is 5.91 Å². The minimum Gasteiger partial charge on any atom is -0.493 e. The molecule has 0 saturated carbocycles. The first-order valence-electron chi connectivity index (χ1n) is 10.6. The highest BCUT2D eigenvalue weighted by Gasteiger charge is 2.19. The van der Waals surface area contributed by atoms with Gasteiger partial charge in [-0.1, -0.05) is 23.5 Å². The Morgan fingerprint density at radius 3 is 2.50 bits per heavy atom. The van der Waals surface area contributed by atoms with E-state index in [9.17, 15) is 4.79 Å². The van der Waals surface area contributed by atoms with Crippen LogP contribution in [0.1, 0.15) is 23.1 Å². The summed E-state index contributed by atoms with van der Waals surface area (Å²) in [4.78, 5) is 21.9. The minimum atomic E-state index is -0.0908. The average molecular weight is 454 g/mol. The molecule has 6 nitrogen and oxygen atoms in total. The summed E-state index contributed by atoms with van der Waals surface area (Å²) in [7, 11) is 7.27. The molecule has 0 aliphatic heterocycles. The number of rotatable bonds is 9. The van der Waals surface area contributed by atoms with Crippen LogP contribution < -0.4 is 14.4 Å². The second-order valence-electron chi connectivity index (χ2n) is 8.02. The lowest BCUT2D eigenvalue weighted by Crippen LogP contribution is -2.32. The number of benzene rings is 2. The molecule has 0 N–H and O–H groups in total. The molecule has 7 heteroatoms. The molecule has 1 aromatic heterocycles. The minimum absolute atomic E-state index is 0.0908. The number of fused-ring (bicyclic) bond motifs is 1. The summed E-state index contributed by atoms with van der Waals surface area (Å²) in [6, 6.07) is 9.80. The molecular formula is C25H31N3O3S. The Hall–Kier alpha value is -2.90. The maximum Gasteiger partial charge on any atom is 0.252 e. The summed E-state index contributed by atoms with van der Waals surface area (Å²) in [6.45, 7) is 5.65. The number of hydrogen-bond donors (Lipinski definition) is 0. The van der Waals surface area contributed by atoms with Gasteiger partial charge in [0.05, 0.1) is 24.4 Å². The van der Waals surface area contributed by atoms with Gasteiger partial charge in [0, 0.05) is 12.6 Å². The predicted octanol–water partition coefficient (Wildman–Crippen LogP) is 4.93. The van der Waals surface area contributed by atoms with Crippen LogP contribution in [0.25, 0.3) is 16.3 Å². The highest BCUT2D eigenvalue weighted by Crippen LogP contribution is 2.33. The zero-order valence-electron chi connectivity index (χ0n) is 19.6. The molecule has 0 unspecified atom stereocenters. The second kappa shape index (κ2) is 10.6. The lowest BCUT2D eigenvalue weighted by molar-refractivity contribution is -0.114. The monoisotopic (exact) mass is 453 g/mol. The van der Waals surface area contributed by atoms with E-state index in [1.54, 1.807) is 42.6 Å². The van der Waals surface area contributed by atoms with Crippen LogP contribution in [0.5, 0.6) is 11.5 Å². The van der Waals surface area contributed by atoms with Gasteiger partial charge in [-0.2, -0.15) is 0 Å². The molecule has 170 valence electrons. The summed E-state index contributed by atoms with van der Waals surface area (Å²) >= 11 is 1.57. The number of ether oxygens (including phenoxy) is 2. The highest BCUT2D eigenvalue weighted by molar-refractivity contribution is 7.22. The number of hydrogen-bond acceptors (Lipinski definition) is 6. The highest BCUT2D eigenvalue weighted by atomic mass is 32.1. The number of aryl methyl sites for hydroxylation is 2. The van der Waals surface area contributed by atoms with Crippen LogP contribution in [0, 0.1) is 13.8 Å². The zero-order chi connectivity index (χ0) is 23.3. The molecule has 0 spiro atoms. The Labute approximate surface area is 194 Å². The fourth-order valence-electron chi connectivity index (χ4n) is 3.54.